The van der Waals surface area contributed by atoms with Crippen LogP contribution in [0.5, 0.6) is 0 Å². The zero-order chi connectivity index (χ0) is 34.9. The van der Waals surface area contributed by atoms with E-state index in [1.165, 1.54) is 111 Å². The Balaban J connectivity index is 0.000000216. The molecule has 0 N–H and O–H groups in total. The summed E-state index contributed by atoms with van der Waals surface area (Å²) in [6.45, 7) is 26.2. The molecule has 253 valence electrons. The molecule has 0 aliphatic carbocycles. The molecule has 6 aromatic rings. The Morgan fingerprint density at radius 3 is 0.612 bits per heavy atom. The van der Waals surface area contributed by atoms with Crippen LogP contribution in [0.25, 0.3) is 44.5 Å². The van der Waals surface area contributed by atoms with Crippen molar-refractivity contribution < 1.29 is 17.1 Å². The molecule has 1 heteroatoms. The van der Waals surface area contributed by atoms with Crippen molar-refractivity contribution in [2.75, 3.05) is 0 Å². The molecule has 6 rings (SSSR count). The van der Waals surface area contributed by atoms with E-state index >= 15 is 0 Å². The van der Waals surface area contributed by atoms with Crippen molar-refractivity contribution in [3.05, 3.63) is 164 Å². The van der Waals surface area contributed by atoms with Gasteiger partial charge in [0.25, 0.3) is 0 Å². The average molecular weight is 690 g/mol. The van der Waals surface area contributed by atoms with Gasteiger partial charge in [0.2, 0.25) is 0 Å². The van der Waals surface area contributed by atoms with E-state index in [0.717, 1.165) is 0 Å². The molecule has 1 radical (unpaired) electrons. The minimum absolute atomic E-state index is 0. The molecule has 6 aromatic carbocycles. The summed E-state index contributed by atoms with van der Waals surface area (Å²) in [6.07, 6.45) is 0. The summed E-state index contributed by atoms with van der Waals surface area (Å²) in [6, 6.07) is 38.4. The van der Waals surface area contributed by atoms with Gasteiger partial charge in [-0.2, -0.15) is 0 Å². The average Bonchev–Trinajstić information content (AvgIpc) is 2.96. The summed E-state index contributed by atoms with van der Waals surface area (Å²) in [7, 11) is 0. The van der Waals surface area contributed by atoms with Gasteiger partial charge in [-0.25, -0.2) is 0 Å². The number of hydrogen-bond acceptors (Lipinski definition) is 0. The van der Waals surface area contributed by atoms with E-state index < -0.39 is 0 Å². The summed E-state index contributed by atoms with van der Waals surface area (Å²) in [5.74, 6) is 0. The van der Waals surface area contributed by atoms with E-state index in [1.807, 2.05) is 0 Å². The van der Waals surface area contributed by atoms with E-state index in [0.29, 0.717) is 0 Å². The van der Waals surface area contributed by atoms with Crippen molar-refractivity contribution in [1.82, 2.24) is 0 Å². The Hall–Kier alpha value is -4.16. The van der Waals surface area contributed by atoms with Gasteiger partial charge in [0.1, 0.15) is 0 Å². The fraction of sp³-hybridized carbons (Fsp3) is 0.250. The number of benzene rings is 6. The minimum atomic E-state index is 0. The van der Waals surface area contributed by atoms with Crippen LogP contribution in [0.15, 0.2) is 84.9 Å². The first-order valence-corrected chi connectivity index (χ1v) is 17.1. The Bertz CT molecular complexity index is 1750. The van der Waals surface area contributed by atoms with Gasteiger partial charge in [0.15, 0.2) is 0 Å². The predicted molar refractivity (Wildman–Crippen MR) is 209 cm³/mol. The van der Waals surface area contributed by atoms with Crippen molar-refractivity contribution >= 4 is 0 Å². The van der Waals surface area contributed by atoms with E-state index in [1.54, 1.807) is 0 Å². The van der Waals surface area contributed by atoms with Crippen LogP contribution in [0, 0.1) is 95.2 Å². The van der Waals surface area contributed by atoms with Gasteiger partial charge in [-0.15, -0.1) is 70.8 Å². The third-order valence-electron chi connectivity index (χ3n) is 9.38. The van der Waals surface area contributed by atoms with Gasteiger partial charge in [-0.3, -0.25) is 0 Å². The van der Waals surface area contributed by atoms with Crippen molar-refractivity contribution in [3.63, 3.8) is 0 Å². The van der Waals surface area contributed by atoms with Crippen molar-refractivity contribution in [2.24, 2.45) is 0 Å². The third kappa shape index (κ3) is 8.36. The molecule has 0 aliphatic heterocycles. The summed E-state index contributed by atoms with van der Waals surface area (Å²) >= 11 is 0. The summed E-state index contributed by atoms with van der Waals surface area (Å²) in [5, 5.41) is 0. The van der Waals surface area contributed by atoms with Gasteiger partial charge in [-0.05, 0) is 83.1 Å². The van der Waals surface area contributed by atoms with E-state index in [9.17, 15) is 0 Å². The van der Waals surface area contributed by atoms with E-state index in [2.05, 4.69) is 180 Å². The van der Waals surface area contributed by atoms with Crippen LogP contribution in [-0.4, -0.2) is 0 Å². The summed E-state index contributed by atoms with van der Waals surface area (Å²) in [5.41, 5.74) is 25.8. The van der Waals surface area contributed by atoms with Crippen LogP contribution in [0.3, 0.4) is 0 Å². The van der Waals surface area contributed by atoms with Crippen LogP contribution in [-0.2, 0) is 17.1 Å². The van der Waals surface area contributed by atoms with Crippen LogP contribution in [0.2, 0.25) is 0 Å². The summed E-state index contributed by atoms with van der Waals surface area (Å²) in [4.78, 5) is 0. The summed E-state index contributed by atoms with van der Waals surface area (Å²) < 4.78 is 0. The van der Waals surface area contributed by atoms with E-state index in [4.69, 9.17) is 0 Å². The maximum absolute atomic E-state index is 3.68. The zero-order valence-electron chi connectivity index (χ0n) is 31.4. The van der Waals surface area contributed by atoms with Crippen molar-refractivity contribution in [2.45, 2.75) is 83.1 Å². The fourth-order valence-electron chi connectivity index (χ4n) is 7.94. The second kappa shape index (κ2) is 15.6. The van der Waals surface area contributed by atoms with Crippen molar-refractivity contribution in [3.8, 4) is 44.5 Å². The molecule has 0 heterocycles. The number of rotatable bonds is 4. The standard InChI is InChI=1S/2C24H25.Cu/c2*1-15-10-17(3)23(18(4)11-15)21-8-7-9-22(14-21)24-19(5)12-16(2)13-20(24)6;/h2*7-13H,1-6H3;/q2*-1;+2. The maximum Gasteiger partial charge on any atom is 2.00 e. The van der Waals surface area contributed by atoms with Crippen LogP contribution in [0.4, 0.5) is 0 Å². The van der Waals surface area contributed by atoms with Gasteiger partial charge < -0.3 is 0 Å². The largest absolute Gasteiger partial charge is 2.00 e. The van der Waals surface area contributed by atoms with Crippen LogP contribution < -0.4 is 0 Å². The van der Waals surface area contributed by atoms with Gasteiger partial charge in [0, 0.05) is 0 Å². The second-order valence-corrected chi connectivity index (χ2v) is 14.1. The first-order valence-electron chi connectivity index (χ1n) is 17.1. The Morgan fingerprint density at radius 2 is 0.449 bits per heavy atom. The smallest absolute Gasteiger partial charge is 0.129 e. The molecule has 0 atom stereocenters. The van der Waals surface area contributed by atoms with E-state index in [-0.39, 0.29) is 17.1 Å². The molecule has 0 bridgehead atoms. The minimum Gasteiger partial charge on any atom is -0.129 e. The molecule has 0 aromatic heterocycles. The van der Waals surface area contributed by atoms with Crippen LogP contribution >= 0.6 is 0 Å². The molecule has 0 nitrogen and oxygen atoms in total. The predicted octanol–water partition coefficient (Wildman–Crippen LogP) is 13.3. The monoisotopic (exact) mass is 689 g/mol. The van der Waals surface area contributed by atoms with Gasteiger partial charge in [-0.1, -0.05) is 138 Å². The Kier molecular flexibility index (Phi) is 12.0. The molecule has 0 saturated heterocycles. The van der Waals surface area contributed by atoms with Gasteiger partial charge in [0.05, 0.1) is 0 Å². The number of aryl methyl sites for hydroxylation is 12. The molecule has 0 amide bonds. The van der Waals surface area contributed by atoms with Crippen molar-refractivity contribution in [1.29, 1.82) is 0 Å². The maximum atomic E-state index is 3.68. The van der Waals surface area contributed by atoms with Crippen LogP contribution in [0.1, 0.15) is 66.8 Å². The molecule has 0 saturated carbocycles. The second-order valence-electron chi connectivity index (χ2n) is 14.1. The quantitative estimate of drug-likeness (QED) is 0.128. The normalized spacial score (nSPS) is 10.7. The van der Waals surface area contributed by atoms with Gasteiger partial charge >= 0.3 is 17.1 Å². The third-order valence-corrected chi connectivity index (χ3v) is 9.38. The molecular formula is C48H50Cu. The molecule has 0 aliphatic rings. The first-order chi connectivity index (χ1) is 22.7. The number of hydrogen-bond donors (Lipinski definition) is 0. The topological polar surface area (TPSA) is 0 Å². The molecule has 0 fully saturated rings. The Morgan fingerprint density at radius 1 is 0.286 bits per heavy atom. The molecule has 0 spiro atoms. The molecule has 0 unspecified atom stereocenters. The molecule has 49 heavy (non-hydrogen) atoms. The zero-order valence-corrected chi connectivity index (χ0v) is 32.3. The first kappa shape index (κ1) is 37.7. The molecular weight excluding hydrogens is 640 g/mol. The Labute approximate surface area is 307 Å². The SMILES string of the molecule is Cc1cc(C)c(-c2[c-]c(-c3c(C)cc(C)cc3C)ccc2)c(C)c1.Cc1cc(C)c(-c2[c-]c(-c3c(C)cc(C)cc3C)ccc2)c(C)c1.[Cu+2]. The fourth-order valence-corrected chi connectivity index (χ4v) is 7.94.